The summed E-state index contributed by atoms with van der Waals surface area (Å²) < 4.78 is 23.8. The van der Waals surface area contributed by atoms with Crippen LogP contribution in [0.1, 0.15) is 42.7 Å². The van der Waals surface area contributed by atoms with Gasteiger partial charge in [0.25, 0.3) is 0 Å². The highest BCUT2D eigenvalue weighted by atomic mass is 35.5. The van der Waals surface area contributed by atoms with Gasteiger partial charge in [-0.15, -0.1) is 0 Å². The van der Waals surface area contributed by atoms with Crippen molar-refractivity contribution in [3.05, 3.63) is 70.7 Å². The molecule has 2 atom stereocenters. The fourth-order valence-electron chi connectivity index (χ4n) is 2.50. The first kappa shape index (κ1) is 21.5. The van der Waals surface area contributed by atoms with Gasteiger partial charge in [0, 0.05) is 10.3 Å². The molecule has 1 N–H and O–H groups in total. The maximum atomic E-state index is 13.0. The molecule has 0 unspecified atom stereocenters. The number of hydrogen-bond donors (Lipinski definition) is 1. The number of rotatable bonds is 10. The summed E-state index contributed by atoms with van der Waals surface area (Å²) in [5, 5.41) is 11.0. The third-order valence-electron chi connectivity index (χ3n) is 3.69. The van der Waals surface area contributed by atoms with Gasteiger partial charge >= 0.3 is 6.80 Å². The largest absolute Gasteiger partial charge is 0.389 e. The molecule has 0 amide bonds. The first-order valence-corrected chi connectivity index (χ1v) is 11.9. The van der Waals surface area contributed by atoms with Crippen LogP contribution in [-0.2, 0) is 13.6 Å². The Morgan fingerprint density at radius 1 is 1.00 bits per heavy atom. The minimum atomic E-state index is -3.33. The highest BCUT2D eigenvalue weighted by Crippen LogP contribution is 2.66. The van der Waals surface area contributed by atoms with Gasteiger partial charge < -0.3 is 14.2 Å². The lowest BCUT2D eigenvalue weighted by Gasteiger charge is -2.25. The van der Waals surface area contributed by atoms with Crippen molar-refractivity contribution in [3.63, 3.8) is 0 Å². The Bertz CT molecular complexity index is 701. The molecule has 2 rings (SSSR count). The van der Waals surface area contributed by atoms with Gasteiger partial charge in [0.15, 0.2) is 0 Å². The van der Waals surface area contributed by atoms with E-state index in [0.29, 0.717) is 24.7 Å². The lowest BCUT2D eigenvalue weighted by Crippen LogP contribution is -2.05. The molecule has 0 saturated carbocycles. The van der Waals surface area contributed by atoms with Crippen LogP contribution in [0.2, 0.25) is 5.02 Å². The van der Waals surface area contributed by atoms with Crippen molar-refractivity contribution in [1.82, 2.24) is 0 Å². The molecule has 2 aromatic carbocycles. The van der Waals surface area contributed by atoms with Gasteiger partial charge in [-0.1, -0.05) is 54.1 Å². The summed E-state index contributed by atoms with van der Waals surface area (Å²) in [6.45, 7) is 0.813. The zero-order chi connectivity index (χ0) is 19.0. The Labute approximate surface area is 164 Å². The second-order valence-corrected chi connectivity index (χ2v) is 10.2. The van der Waals surface area contributed by atoms with Crippen molar-refractivity contribution in [1.29, 1.82) is 0 Å². The van der Waals surface area contributed by atoms with Crippen LogP contribution in [0.25, 0.3) is 0 Å². The monoisotopic (exact) mass is 414 g/mol. The standard InChI is InChI=1S/C19H24ClO4PS/c1-3-23-25(22,24-4-2)26-19(16-10-12-17(20)13-11-16)14-18(21)15-8-6-5-7-9-15/h5-13,18-19,21H,3-4,14H2,1-2H3/t18-,19+/m0/s1. The van der Waals surface area contributed by atoms with Gasteiger partial charge in [-0.05, 0) is 54.9 Å². The van der Waals surface area contributed by atoms with E-state index in [-0.39, 0.29) is 5.25 Å². The maximum Gasteiger partial charge on any atom is 0.389 e. The average molecular weight is 415 g/mol. The van der Waals surface area contributed by atoms with Gasteiger partial charge in [-0.3, -0.25) is 0 Å². The number of aliphatic hydroxyl groups is 1. The van der Waals surface area contributed by atoms with Crippen LogP contribution in [-0.4, -0.2) is 18.3 Å². The maximum absolute atomic E-state index is 13.0. The summed E-state index contributed by atoms with van der Waals surface area (Å²) in [6.07, 6.45) is -0.318. The summed E-state index contributed by atoms with van der Waals surface area (Å²) in [6, 6.07) is 16.7. The molecule has 2 aromatic rings. The van der Waals surface area contributed by atoms with Gasteiger partial charge in [0.1, 0.15) is 0 Å². The molecular weight excluding hydrogens is 391 g/mol. The predicted molar refractivity (Wildman–Crippen MR) is 109 cm³/mol. The molecule has 4 nitrogen and oxygen atoms in total. The molecule has 0 saturated heterocycles. The Kier molecular flexibility index (Phi) is 8.68. The van der Waals surface area contributed by atoms with E-state index in [0.717, 1.165) is 22.5 Å². The van der Waals surface area contributed by atoms with Crippen molar-refractivity contribution in [2.24, 2.45) is 0 Å². The predicted octanol–water partition coefficient (Wildman–Crippen LogP) is 6.42. The minimum Gasteiger partial charge on any atom is -0.388 e. The van der Waals surface area contributed by atoms with Gasteiger partial charge in [-0.25, -0.2) is 4.57 Å². The van der Waals surface area contributed by atoms with Crippen molar-refractivity contribution in [2.45, 2.75) is 31.6 Å². The molecule has 0 radical (unpaired) electrons. The molecule has 0 heterocycles. The number of hydrogen-bond acceptors (Lipinski definition) is 5. The third kappa shape index (κ3) is 6.41. The van der Waals surface area contributed by atoms with Crippen molar-refractivity contribution < 1.29 is 18.7 Å². The Morgan fingerprint density at radius 2 is 1.58 bits per heavy atom. The quantitative estimate of drug-likeness (QED) is 0.454. The Hall–Kier alpha value is -0.810. The topological polar surface area (TPSA) is 55.8 Å². The van der Waals surface area contributed by atoms with Crippen molar-refractivity contribution >= 4 is 29.8 Å². The first-order chi connectivity index (χ1) is 12.5. The van der Waals surface area contributed by atoms with Crippen LogP contribution in [0.15, 0.2) is 54.6 Å². The van der Waals surface area contributed by atoms with Crippen molar-refractivity contribution in [3.8, 4) is 0 Å². The van der Waals surface area contributed by atoms with Crippen LogP contribution in [0.4, 0.5) is 0 Å². The Morgan fingerprint density at radius 3 is 2.12 bits per heavy atom. The van der Waals surface area contributed by atoms with Crippen LogP contribution >= 0.6 is 29.8 Å². The summed E-state index contributed by atoms with van der Waals surface area (Å²) >= 11 is 7.12. The summed E-state index contributed by atoms with van der Waals surface area (Å²) in [4.78, 5) is 0. The van der Waals surface area contributed by atoms with E-state index in [2.05, 4.69) is 0 Å². The third-order valence-corrected chi connectivity index (χ3v) is 8.24. The Balaban J connectivity index is 2.26. The van der Waals surface area contributed by atoms with Crippen LogP contribution in [0, 0.1) is 0 Å². The average Bonchev–Trinajstić information content (AvgIpc) is 2.63. The fraction of sp³-hybridized carbons (Fsp3) is 0.368. The molecule has 7 heteroatoms. The molecule has 26 heavy (non-hydrogen) atoms. The molecule has 0 aliphatic heterocycles. The SMILES string of the molecule is CCOP(=O)(OCC)S[C@H](C[C@H](O)c1ccccc1)c1ccc(Cl)cc1. The number of benzene rings is 2. The van der Waals surface area contributed by atoms with E-state index in [9.17, 15) is 9.67 Å². The number of halogens is 1. The minimum absolute atomic E-state index is 0.272. The highest BCUT2D eigenvalue weighted by molar-refractivity contribution is 8.55. The van der Waals surface area contributed by atoms with Gasteiger partial charge in [-0.2, -0.15) is 0 Å². The van der Waals surface area contributed by atoms with E-state index < -0.39 is 12.9 Å². The zero-order valence-corrected chi connectivity index (χ0v) is 17.3. The lowest BCUT2D eigenvalue weighted by molar-refractivity contribution is 0.167. The smallest absolute Gasteiger partial charge is 0.388 e. The second-order valence-electron chi connectivity index (χ2n) is 5.59. The van der Waals surface area contributed by atoms with Gasteiger partial charge in [0.2, 0.25) is 0 Å². The molecular formula is C19H24ClO4PS. The van der Waals surface area contributed by atoms with E-state index in [1.807, 2.05) is 42.5 Å². The summed E-state index contributed by atoms with van der Waals surface area (Å²) in [5.74, 6) is 0. The molecule has 0 spiro atoms. The van der Waals surface area contributed by atoms with Crippen molar-refractivity contribution in [2.75, 3.05) is 13.2 Å². The zero-order valence-electron chi connectivity index (χ0n) is 14.9. The van der Waals surface area contributed by atoms with E-state index in [1.54, 1.807) is 26.0 Å². The molecule has 0 aliphatic carbocycles. The first-order valence-electron chi connectivity index (χ1n) is 8.53. The molecule has 0 aromatic heterocycles. The normalized spacial score (nSPS) is 14.2. The van der Waals surface area contributed by atoms with Crippen LogP contribution in [0.3, 0.4) is 0 Å². The van der Waals surface area contributed by atoms with E-state index in [1.165, 1.54) is 0 Å². The van der Waals surface area contributed by atoms with E-state index in [4.69, 9.17) is 20.6 Å². The fourth-order valence-corrected chi connectivity index (χ4v) is 6.87. The molecule has 0 bridgehead atoms. The van der Waals surface area contributed by atoms with Crippen LogP contribution in [0.5, 0.6) is 0 Å². The summed E-state index contributed by atoms with van der Waals surface area (Å²) in [5.41, 5.74) is 1.73. The molecule has 0 aliphatic rings. The lowest BCUT2D eigenvalue weighted by atomic mass is 10.0. The molecule has 0 fully saturated rings. The van der Waals surface area contributed by atoms with E-state index >= 15 is 0 Å². The second kappa shape index (κ2) is 10.5. The van der Waals surface area contributed by atoms with Crippen LogP contribution < -0.4 is 0 Å². The van der Waals surface area contributed by atoms with Gasteiger partial charge in [0.05, 0.1) is 19.3 Å². The highest BCUT2D eigenvalue weighted by Gasteiger charge is 2.32. The molecule has 142 valence electrons. The number of aliphatic hydroxyl groups excluding tert-OH is 1. The summed E-state index contributed by atoms with van der Waals surface area (Å²) in [7, 11) is 0.